The van der Waals surface area contributed by atoms with Gasteiger partial charge in [0.05, 0.1) is 60.9 Å². The number of nitriles is 1. The number of carboxylic acid groups (broad SMARTS) is 1. The molecule has 5 N–H and O–H groups in total. The molecule has 24 heteroatoms. The summed E-state index contributed by atoms with van der Waals surface area (Å²) in [5.41, 5.74) is 30.5. The van der Waals surface area contributed by atoms with Crippen molar-refractivity contribution in [3.8, 4) is 24.2 Å². The van der Waals surface area contributed by atoms with Crippen LogP contribution in [-0.4, -0.2) is 74.0 Å². The lowest BCUT2D eigenvalue weighted by Crippen LogP contribution is -2.22. The number of H-pyrrole nitrogens is 2. The largest absolute Gasteiger partial charge is 0.481 e. The van der Waals surface area contributed by atoms with Gasteiger partial charge in [0, 0.05) is 55.1 Å². The van der Waals surface area contributed by atoms with Gasteiger partial charge in [0.2, 0.25) is 17.7 Å². The number of nitrogens with two attached hydrogens (primary N) is 1. The number of aryl methyl sites for hydroxylation is 11. The van der Waals surface area contributed by atoms with E-state index in [-0.39, 0.29) is 63.5 Å². The highest BCUT2D eigenvalue weighted by Crippen LogP contribution is 2.54. The number of carbonyl (C=O) groups is 2. The lowest BCUT2D eigenvalue weighted by molar-refractivity contribution is -0.112. The molecule has 138 heavy (non-hydrogen) atoms. The lowest BCUT2D eigenvalue weighted by Gasteiger charge is -2.14. The summed E-state index contributed by atoms with van der Waals surface area (Å²) in [5, 5.41) is 20.8. The lowest BCUT2D eigenvalue weighted by atomic mass is 9.95. The molecule has 24 nitrogen and oxygen atoms in total. The number of para-hydroxylation sites is 4. The summed E-state index contributed by atoms with van der Waals surface area (Å²) in [6, 6.07) is 69.0. The molecule has 1 aliphatic heterocycles. The number of nitrogen functional groups attached to an aromatic ring is 1. The highest BCUT2D eigenvalue weighted by atomic mass is 16.5. The monoisotopic (exact) mass is 1830 g/mol. The van der Waals surface area contributed by atoms with Crippen LogP contribution in [0.4, 0.5) is 11.4 Å². The van der Waals surface area contributed by atoms with E-state index >= 15 is 0 Å². The van der Waals surface area contributed by atoms with E-state index in [1.54, 1.807) is 79.2 Å². The molecule has 0 bridgehead atoms. The van der Waals surface area contributed by atoms with Crippen LogP contribution in [0.15, 0.2) is 273 Å². The average molecular weight is 1830 g/mol. The van der Waals surface area contributed by atoms with E-state index < -0.39 is 28.4 Å². The molecule has 0 spiro atoms. The van der Waals surface area contributed by atoms with Crippen molar-refractivity contribution in [3.63, 3.8) is 0 Å². The van der Waals surface area contributed by atoms with Gasteiger partial charge < -0.3 is 38.8 Å². The van der Waals surface area contributed by atoms with E-state index in [2.05, 4.69) is 172 Å². The number of ketones is 1. The van der Waals surface area contributed by atoms with Crippen LogP contribution >= 0.6 is 0 Å². The van der Waals surface area contributed by atoms with E-state index in [0.717, 1.165) is 91.4 Å². The van der Waals surface area contributed by atoms with E-state index in [9.17, 15) is 43.9 Å². The molecular weight excluding hydrogens is 1730 g/mol. The molecular formula is C114H98N12O12. The number of Topliss-reactive ketones (excluding diaryl/α,β-unsaturated/α-hetero) is 1. The van der Waals surface area contributed by atoms with Gasteiger partial charge in [0.15, 0.2) is 17.3 Å². The van der Waals surface area contributed by atoms with Gasteiger partial charge in [0.25, 0.3) is 11.1 Å². The number of hydrogen-bond acceptors (Lipinski definition) is 21. The number of pyridine rings is 2. The zero-order valence-electron chi connectivity index (χ0n) is 78.2. The normalized spacial score (nSPS) is 14.6. The number of nitrogens with one attached hydrogen (secondary N) is 2. The maximum atomic E-state index is 12.4. The van der Waals surface area contributed by atoms with Crippen LogP contribution in [0, 0.1) is 106 Å². The minimum atomic E-state index is -1.18. The SMILES string of the molecule is C#CCOc1ccc(/C=C/c2nc3ncccc3c(=O)o2)cc1C.C/C(=C\c1nc2c(N)cccc2c(=O)o1)c1ccc(C)c(C)c1.Cc1ccc(/C=C(\C#N)c2nc3c(C(=O)O)cccc3c(=O)[nH]2)cc1C.Cc1ccc(/C=C/c2nc3ccncc3c(=O)o2)cc1C.Cc1ccc(C2CC2C2=Nc3ccccc3CC2=O)cc1C.Cc1ccc(C2CC2c2nc3ccccc3c(=O)[nH]2)cc1C. The Hall–Kier alpha value is -17.4. The van der Waals surface area contributed by atoms with Gasteiger partial charge in [0.1, 0.15) is 40.5 Å². The van der Waals surface area contributed by atoms with Crippen LogP contribution in [0.25, 0.3) is 102 Å². The topological polar surface area (TPSA) is 372 Å². The fraction of sp³-hybridized carbons (Fsp3) is 0.175. The Balaban J connectivity index is 0.000000126. The number of aromatic amines is 2. The minimum absolute atomic E-state index is 0.0358. The van der Waals surface area contributed by atoms with Gasteiger partial charge in [-0.05, 0) is 305 Å². The number of anilines is 1. The van der Waals surface area contributed by atoms with Crippen LogP contribution < -0.4 is 38.5 Å². The third kappa shape index (κ3) is 22.7. The standard InChI is InChI=1S/C20H15N3O3.C20H19NO.C19H14N2O3.C19H18N2O2.C19H18N2O.C17H14N2O2/c1-11-6-7-13(8-12(11)2)9-14(10-21)18-22-17-15(19(24)23-18)4-3-5-16(17)20(25)26;1-12-7-8-14(9-13(12)2)16-11-17(16)20-19(22)10-15-5-3-4-6-18(15)21-20;1-3-11-23-16-8-6-14(12-13(16)2)7-9-17-21-18-15(19(22)24-17)5-4-10-20-18;1-11-7-8-14(9-12(11)2)13(3)10-17-21-18-15(19(22)23-17)5-4-6-16(18)20;1-11-7-8-13(9-12(11)2)15-10-16(15)18-20-17-6-4-3-5-14(17)19(22)21-18;1-11-3-4-13(9-12(11)2)5-6-16-19-15-7-8-18-10-14(15)17(20)21-16/h3-9H,1-2H3,(H,25,26)(H,22,23,24);3-9,16-17H,10-11H2,1-2H3;1,4-10,12H,11H2,2H3;4-10H,20H2,1-3H3;3-9,15-16H,10H2,1-2H3,(H,20,21,22);3-10H,1-2H3/b14-9+;;9-7+;13-10+;;6-5+. The summed E-state index contributed by atoms with van der Waals surface area (Å²) in [7, 11) is 0. The van der Waals surface area contributed by atoms with Crippen LogP contribution in [0.3, 0.4) is 0 Å². The Morgan fingerprint density at radius 1 is 0.500 bits per heavy atom. The second kappa shape index (κ2) is 42.2. The molecule has 3 aliphatic rings. The number of allylic oxidation sites excluding steroid dienone is 2. The van der Waals surface area contributed by atoms with Crippen molar-refractivity contribution in [2.24, 2.45) is 10.9 Å². The summed E-state index contributed by atoms with van der Waals surface area (Å²) < 4.78 is 21.1. The molecule has 2 aliphatic carbocycles. The molecule has 2 saturated carbocycles. The Kier molecular flexibility index (Phi) is 29.2. The number of aromatic nitrogens is 9. The van der Waals surface area contributed by atoms with Crippen LogP contribution in [-0.2, 0) is 11.2 Å². The average Bonchev–Trinajstić information content (AvgIpc) is 1.60. The second-order valence-corrected chi connectivity index (χ2v) is 34.4. The molecule has 2 fully saturated rings. The minimum Gasteiger partial charge on any atom is -0.481 e. The van der Waals surface area contributed by atoms with Crippen molar-refractivity contribution in [1.82, 2.24) is 44.9 Å². The fourth-order valence-corrected chi connectivity index (χ4v) is 15.9. The summed E-state index contributed by atoms with van der Waals surface area (Å²) >= 11 is 0. The number of rotatable bonds is 15. The van der Waals surface area contributed by atoms with Crippen molar-refractivity contribution >= 4 is 131 Å². The first kappa shape index (κ1) is 95.2. The van der Waals surface area contributed by atoms with Gasteiger partial charge in [-0.1, -0.05) is 145 Å². The van der Waals surface area contributed by atoms with Crippen LogP contribution in [0.5, 0.6) is 5.75 Å². The first-order chi connectivity index (χ1) is 66.4. The number of benzene rings is 10. The fourth-order valence-electron chi connectivity index (χ4n) is 15.9. The number of terminal acetylenes is 1. The molecule has 4 unspecified atom stereocenters. The molecule has 10 aromatic carbocycles. The quantitative estimate of drug-likeness (QED) is 0.0421. The zero-order valence-corrected chi connectivity index (χ0v) is 78.2. The predicted octanol–water partition coefficient (Wildman–Crippen LogP) is 21.8. The summed E-state index contributed by atoms with van der Waals surface area (Å²) in [6.45, 7) is 24.9. The Morgan fingerprint density at radius 2 is 1.06 bits per heavy atom. The van der Waals surface area contributed by atoms with Crippen molar-refractivity contribution in [2.75, 3.05) is 12.3 Å². The second-order valence-electron chi connectivity index (χ2n) is 34.4. The highest BCUT2D eigenvalue weighted by Gasteiger charge is 2.46. The van der Waals surface area contributed by atoms with Gasteiger partial charge in [-0.25, -0.2) is 49.1 Å². The van der Waals surface area contributed by atoms with Gasteiger partial charge >= 0.3 is 22.8 Å². The van der Waals surface area contributed by atoms with E-state index in [1.165, 1.54) is 80.0 Å². The van der Waals surface area contributed by atoms with E-state index in [4.69, 9.17) is 30.1 Å². The number of ether oxygens (including phenoxy) is 1. The van der Waals surface area contributed by atoms with Crippen molar-refractivity contribution in [3.05, 3.63) is 418 Å². The first-order valence-corrected chi connectivity index (χ1v) is 44.8. The number of nitrogens with zero attached hydrogens (tertiary/aromatic N) is 9. The molecule has 0 saturated heterocycles. The highest BCUT2D eigenvalue weighted by molar-refractivity contribution is 6.43. The third-order valence-corrected chi connectivity index (χ3v) is 24.6. The Bertz CT molecular complexity index is 8260. The Morgan fingerprint density at radius 3 is 1.73 bits per heavy atom. The van der Waals surface area contributed by atoms with Crippen molar-refractivity contribution in [1.29, 1.82) is 5.26 Å². The van der Waals surface area contributed by atoms with Crippen molar-refractivity contribution < 1.29 is 32.7 Å². The van der Waals surface area contributed by atoms with Crippen LogP contribution in [0.2, 0.25) is 0 Å². The molecule has 20 rings (SSSR count). The first-order valence-electron chi connectivity index (χ1n) is 44.8. The summed E-state index contributed by atoms with van der Waals surface area (Å²) in [5.74, 6) is 5.39. The van der Waals surface area contributed by atoms with Gasteiger partial charge in [-0.3, -0.25) is 19.4 Å². The maximum absolute atomic E-state index is 12.4. The van der Waals surface area contributed by atoms with Crippen molar-refractivity contribution in [2.45, 2.75) is 120 Å². The number of carboxylic acids is 1. The smallest absolute Gasteiger partial charge is 0.348 e. The summed E-state index contributed by atoms with van der Waals surface area (Å²) in [6.07, 6.45) is 22.8. The number of aromatic carboxylic acids is 1. The number of hydrogen-bond donors (Lipinski definition) is 4. The predicted molar refractivity (Wildman–Crippen MR) is 546 cm³/mol. The molecule has 0 amide bonds. The number of fused-ring (bicyclic) bond motifs is 6. The van der Waals surface area contributed by atoms with E-state index in [1.807, 2.05) is 137 Å². The molecule has 686 valence electrons. The maximum Gasteiger partial charge on any atom is 0.348 e. The van der Waals surface area contributed by atoms with E-state index in [0.29, 0.717) is 74.0 Å². The molecule has 0 radical (unpaired) electrons. The van der Waals surface area contributed by atoms with Gasteiger partial charge in [-0.15, -0.1) is 6.42 Å². The van der Waals surface area contributed by atoms with Gasteiger partial charge in [-0.2, -0.15) is 10.2 Å². The van der Waals surface area contributed by atoms with Crippen LogP contribution in [0.1, 0.15) is 177 Å². The third-order valence-electron chi connectivity index (χ3n) is 24.6. The number of aliphatic imine (C=N–C) groups is 1. The molecule has 7 aromatic heterocycles. The molecule has 17 aromatic rings. The summed E-state index contributed by atoms with van der Waals surface area (Å²) in [4.78, 5) is 124. The molecule has 4 atom stereocenters. The zero-order chi connectivity index (χ0) is 97.7. The Labute approximate surface area is 794 Å². The number of carbonyl (C=O) groups excluding carboxylic acids is 1. The molecule has 8 heterocycles.